The molecule has 0 unspecified atom stereocenters. The molecule has 2 heterocycles. The molecule has 0 spiro atoms. The maximum absolute atomic E-state index is 12.1. The maximum Gasteiger partial charge on any atom is 0.242 e. The van der Waals surface area contributed by atoms with E-state index < -0.39 is 5.54 Å². The number of hydrogen-bond acceptors (Lipinski definition) is 6. The number of nitrogens with two attached hydrogens (primary N) is 1. The molecule has 0 aliphatic carbocycles. The normalized spacial score (nSPS) is 15.9. The molecule has 7 nitrogen and oxygen atoms in total. The number of hydrogen-bond donors (Lipinski definition) is 1. The predicted molar refractivity (Wildman–Crippen MR) is 88.3 cm³/mol. The van der Waals surface area contributed by atoms with Gasteiger partial charge in [0.05, 0.1) is 12.1 Å². The minimum absolute atomic E-state index is 0. The van der Waals surface area contributed by atoms with Crippen molar-refractivity contribution < 1.29 is 9.32 Å². The molecule has 128 valence electrons. The first-order valence-electron chi connectivity index (χ1n) is 7.02. The fourth-order valence-electron chi connectivity index (χ4n) is 2.21. The number of piperazine rings is 1. The highest BCUT2D eigenvalue weighted by molar-refractivity contribution is 5.86. The van der Waals surface area contributed by atoms with Crippen LogP contribution in [-0.4, -0.2) is 57.6 Å². The molecule has 1 aromatic rings. The second kappa shape index (κ2) is 8.67. The lowest BCUT2D eigenvalue weighted by molar-refractivity contribution is -0.137. The minimum atomic E-state index is -0.800. The zero-order chi connectivity index (χ0) is 14.8. The highest BCUT2D eigenvalue weighted by atomic mass is 35.5. The Morgan fingerprint density at radius 2 is 1.86 bits per heavy atom. The molecule has 1 amide bonds. The predicted octanol–water partition coefficient (Wildman–Crippen LogP) is 0.857. The van der Waals surface area contributed by atoms with E-state index in [1.54, 1.807) is 13.8 Å². The Morgan fingerprint density at radius 3 is 2.32 bits per heavy atom. The van der Waals surface area contributed by atoms with Gasteiger partial charge in [-0.2, -0.15) is 4.98 Å². The summed E-state index contributed by atoms with van der Waals surface area (Å²) in [6.07, 6.45) is 0.751. The van der Waals surface area contributed by atoms with E-state index in [0.29, 0.717) is 31.3 Å². The van der Waals surface area contributed by atoms with Crippen molar-refractivity contribution in [2.45, 2.75) is 39.3 Å². The monoisotopic (exact) mass is 353 g/mol. The lowest BCUT2D eigenvalue weighted by atomic mass is 10.0. The third kappa shape index (κ3) is 5.39. The van der Waals surface area contributed by atoms with Crippen molar-refractivity contribution >= 4 is 30.7 Å². The van der Waals surface area contributed by atoms with Gasteiger partial charge in [-0.3, -0.25) is 9.69 Å². The van der Waals surface area contributed by atoms with Crippen LogP contribution in [-0.2, 0) is 17.8 Å². The number of carbonyl (C=O) groups is 1. The van der Waals surface area contributed by atoms with E-state index in [0.717, 1.165) is 19.5 Å². The molecule has 0 aromatic carbocycles. The third-order valence-corrected chi connectivity index (χ3v) is 3.39. The summed E-state index contributed by atoms with van der Waals surface area (Å²) in [4.78, 5) is 20.4. The Hall–Kier alpha value is -0.890. The highest BCUT2D eigenvalue weighted by Gasteiger charge is 2.30. The van der Waals surface area contributed by atoms with Crippen molar-refractivity contribution in [3.63, 3.8) is 0 Å². The Balaban J connectivity index is 0.00000220. The molecule has 0 atom stereocenters. The summed E-state index contributed by atoms with van der Waals surface area (Å²) >= 11 is 0. The van der Waals surface area contributed by atoms with Gasteiger partial charge in [-0.25, -0.2) is 0 Å². The fraction of sp³-hybridized carbons (Fsp3) is 0.769. The van der Waals surface area contributed by atoms with Crippen molar-refractivity contribution in [2.24, 2.45) is 5.73 Å². The van der Waals surface area contributed by atoms with Crippen molar-refractivity contribution in [3.05, 3.63) is 11.7 Å². The summed E-state index contributed by atoms with van der Waals surface area (Å²) in [5, 5.41) is 3.95. The van der Waals surface area contributed by atoms with Gasteiger partial charge in [0.1, 0.15) is 0 Å². The number of aromatic nitrogens is 2. The van der Waals surface area contributed by atoms with Crippen LogP contribution in [0.5, 0.6) is 0 Å². The second-order valence-electron chi connectivity index (χ2n) is 5.75. The van der Waals surface area contributed by atoms with Crippen LogP contribution in [0.3, 0.4) is 0 Å². The fourth-order valence-corrected chi connectivity index (χ4v) is 2.21. The SMILES string of the molecule is CCc1nc(CN2CCN(C(=O)C(C)(C)N)CC2)no1.Cl.Cl. The minimum Gasteiger partial charge on any atom is -0.339 e. The highest BCUT2D eigenvalue weighted by Crippen LogP contribution is 2.10. The zero-order valence-electron chi connectivity index (χ0n) is 13.2. The van der Waals surface area contributed by atoms with Crippen LogP contribution in [0.25, 0.3) is 0 Å². The molecule has 0 bridgehead atoms. The van der Waals surface area contributed by atoms with Gasteiger partial charge >= 0.3 is 0 Å². The van der Waals surface area contributed by atoms with Gasteiger partial charge in [0.2, 0.25) is 11.8 Å². The van der Waals surface area contributed by atoms with Gasteiger partial charge in [-0.05, 0) is 13.8 Å². The van der Waals surface area contributed by atoms with E-state index in [2.05, 4.69) is 15.0 Å². The number of nitrogens with zero attached hydrogens (tertiary/aromatic N) is 4. The van der Waals surface area contributed by atoms with E-state index in [9.17, 15) is 4.79 Å². The van der Waals surface area contributed by atoms with Gasteiger partial charge in [-0.15, -0.1) is 24.8 Å². The molecule has 1 fully saturated rings. The van der Waals surface area contributed by atoms with Gasteiger partial charge in [0, 0.05) is 32.6 Å². The van der Waals surface area contributed by atoms with Crippen LogP contribution >= 0.6 is 24.8 Å². The number of rotatable bonds is 4. The summed E-state index contributed by atoms with van der Waals surface area (Å²) in [6.45, 7) is 9.12. The van der Waals surface area contributed by atoms with Crippen LogP contribution < -0.4 is 5.73 Å². The molecular weight excluding hydrogens is 329 g/mol. The van der Waals surface area contributed by atoms with Gasteiger partial charge in [0.25, 0.3) is 0 Å². The molecular formula is C13H25Cl2N5O2. The second-order valence-corrected chi connectivity index (χ2v) is 5.75. The first-order valence-corrected chi connectivity index (χ1v) is 7.02. The van der Waals surface area contributed by atoms with Gasteiger partial charge in [-0.1, -0.05) is 12.1 Å². The summed E-state index contributed by atoms with van der Waals surface area (Å²) in [5.74, 6) is 1.38. The largest absolute Gasteiger partial charge is 0.339 e. The summed E-state index contributed by atoms with van der Waals surface area (Å²) in [5.41, 5.74) is 5.05. The summed E-state index contributed by atoms with van der Waals surface area (Å²) in [7, 11) is 0. The van der Waals surface area contributed by atoms with Gasteiger partial charge in [0.15, 0.2) is 5.82 Å². The van der Waals surface area contributed by atoms with E-state index in [1.807, 2.05) is 11.8 Å². The van der Waals surface area contributed by atoms with Crippen molar-refractivity contribution in [3.8, 4) is 0 Å². The molecule has 2 N–H and O–H groups in total. The van der Waals surface area contributed by atoms with E-state index in [-0.39, 0.29) is 30.7 Å². The summed E-state index contributed by atoms with van der Waals surface area (Å²) in [6, 6.07) is 0. The molecule has 0 saturated carbocycles. The lowest BCUT2D eigenvalue weighted by Gasteiger charge is -2.37. The molecule has 9 heteroatoms. The Kier molecular flexibility index (Phi) is 8.32. The summed E-state index contributed by atoms with van der Waals surface area (Å²) < 4.78 is 5.09. The molecule has 22 heavy (non-hydrogen) atoms. The van der Waals surface area contributed by atoms with E-state index in [1.165, 1.54) is 0 Å². The molecule has 1 aromatic heterocycles. The third-order valence-electron chi connectivity index (χ3n) is 3.39. The molecule has 2 rings (SSSR count). The van der Waals surface area contributed by atoms with Crippen molar-refractivity contribution in [2.75, 3.05) is 26.2 Å². The van der Waals surface area contributed by atoms with Crippen molar-refractivity contribution in [1.29, 1.82) is 0 Å². The average molecular weight is 354 g/mol. The molecule has 1 saturated heterocycles. The average Bonchev–Trinajstić information content (AvgIpc) is 2.85. The number of amides is 1. The Bertz CT molecular complexity index is 467. The first-order chi connectivity index (χ1) is 9.40. The smallest absolute Gasteiger partial charge is 0.242 e. The first kappa shape index (κ1) is 21.1. The molecule has 1 aliphatic heterocycles. The van der Waals surface area contributed by atoms with Crippen molar-refractivity contribution in [1.82, 2.24) is 19.9 Å². The van der Waals surface area contributed by atoms with Crippen LogP contribution in [0.15, 0.2) is 4.52 Å². The van der Waals surface area contributed by atoms with Gasteiger partial charge < -0.3 is 15.2 Å². The standard InChI is InChI=1S/C13H23N5O2.2ClH/c1-4-11-15-10(16-20-11)9-17-5-7-18(8-6-17)12(19)13(2,3)14;;/h4-9,14H2,1-3H3;2*1H. The Morgan fingerprint density at radius 1 is 1.27 bits per heavy atom. The number of aryl methyl sites for hydroxylation is 1. The number of halogens is 2. The quantitative estimate of drug-likeness (QED) is 0.863. The molecule has 0 radical (unpaired) electrons. The van der Waals surface area contributed by atoms with E-state index >= 15 is 0 Å². The topological polar surface area (TPSA) is 88.5 Å². The van der Waals surface area contributed by atoms with Crippen LogP contribution in [0.4, 0.5) is 0 Å². The van der Waals surface area contributed by atoms with E-state index in [4.69, 9.17) is 10.3 Å². The van der Waals surface area contributed by atoms with Crippen LogP contribution in [0.1, 0.15) is 32.5 Å². The maximum atomic E-state index is 12.1. The van der Waals surface area contributed by atoms with Crippen LogP contribution in [0.2, 0.25) is 0 Å². The lowest BCUT2D eigenvalue weighted by Crippen LogP contribution is -2.56. The van der Waals surface area contributed by atoms with Crippen LogP contribution in [0, 0.1) is 0 Å². The number of carbonyl (C=O) groups excluding carboxylic acids is 1. The Labute approximate surface area is 143 Å². The zero-order valence-corrected chi connectivity index (χ0v) is 14.9. The molecule has 1 aliphatic rings.